The van der Waals surface area contributed by atoms with Gasteiger partial charge >= 0.3 is 6.03 Å². The topological polar surface area (TPSA) is 62.6 Å². The SMILES string of the molecule is CC(C)NC(=O)NC(=O)C[NH+](Cc1cccs1)Cc1cccs1. The molecule has 0 saturated heterocycles. The third-order valence-electron chi connectivity index (χ3n) is 3.09. The molecule has 3 N–H and O–H groups in total. The van der Waals surface area contributed by atoms with Gasteiger partial charge in [0.05, 0.1) is 9.75 Å². The molecule has 0 fully saturated rings. The average Bonchev–Trinajstić information content (AvgIpc) is 3.10. The van der Waals surface area contributed by atoms with Gasteiger partial charge in [-0.05, 0) is 36.7 Å². The quantitative estimate of drug-likeness (QED) is 0.709. The van der Waals surface area contributed by atoms with Crippen molar-refractivity contribution in [2.24, 2.45) is 0 Å². The number of hydrogen-bond donors (Lipinski definition) is 3. The summed E-state index contributed by atoms with van der Waals surface area (Å²) in [5.74, 6) is -0.258. The predicted octanol–water partition coefficient (Wildman–Crippen LogP) is 1.63. The monoisotopic (exact) mass is 352 g/mol. The lowest BCUT2D eigenvalue weighted by atomic mass is 10.3. The molecule has 0 aliphatic carbocycles. The van der Waals surface area contributed by atoms with Crippen LogP contribution in [0.4, 0.5) is 4.79 Å². The van der Waals surface area contributed by atoms with Gasteiger partial charge in [-0.15, -0.1) is 22.7 Å². The fourth-order valence-corrected chi connectivity index (χ4v) is 3.76. The average molecular weight is 353 g/mol. The summed E-state index contributed by atoms with van der Waals surface area (Å²) in [6.45, 7) is 5.52. The number of quaternary nitrogens is 1. The van der Waals surface area contributed by atoms with Crippen LogP contribution in [0.1, 0.15) is 23.6 Å². The van der Waals surface area contributed by atoms with E-state index in [9.17, 15) is 9.59 Å². The molecule has 23 heavy (non-hydrogen) atoms. The number of imide groups is 1. The van der Waals surface area contributed by atoms with Gasteiger partial charge in [-0.3, -0.25) is 10.1 Å². The van der Waals surface area contributed by atoms with Crippen molar-refractivity contribution in [2.45, 2.75) is 33.0 Å². The van der Waals surface area contributed by atoms with E-state index in [-0.39, 0.29) is 18.5 Å². The second-order valence-electron chi connectivity index (χ2n) is 5.62. The van der Waals surface area contributed by atoms with Crippen LogP contribution in [0.5, 0.6) is 0 Å². The Balaban J connectivity index is 1.93. The van der Waals surface area contributed by atoms with E-state index in [2.05, 4.69) is 22.8 Å². The number of thiophene rings is 2. The molecule has 124 valence electrons. The molecule has 2 rings (SSSR count). The lowest BCUT2D eigenvalue weighted by Crippen LogP contribution is -3.10. The second kappa shape index (κ2) is 8.81. The van der Waals surface area contributed by atoms with Gasteiger partial charge < -0.3 is 10.2 Å². The van der Waals surface area contributed by atoms with Crippen LogP contribution in [0.15, 0.2) is 35.0 Å². The third-order valence-corrected chi connectivity index (χ3v) is 4.84. The largest absolute Gasteiger partial charge is 0.336 e. The van der Waals surface area contributed by atoms with Gasteiger partial charge in [-0.2, -0.15) is 0 Å². The maximum atomic E-state index is 12.1. The first-order chi connectivity index (χ1) is 11.0. The van der Waals surface area contributed by atoms with Crippen LogP contribution < -0.4 is 15.5 Å². The minimum absolute atomic E-state index is 0.00323. The number of amides is 3. The smallest absolute Gasteiger partial charge is 0.321 e. The number of urea groups is 1. The fraction of sp³-hybridized carbons (Fsp3) is 0.375. The van der Waals surface area contributed by atoms with Crippen molar-refractivity contribution in [3.05, 3.63) is 44.8 Å². The zero-order valence-corrected chi connectivity index (χ0v) is 14.9. The first kappa shape index (κ1) is 17.7. The number of rotatable bonds is 7. The molecule has 7 heteroatoms. The van der Waals surface area contributed by atoms with Crippen LogP contribution in [0.2, 0.25) is 0 Å². The molecule has 2 heterocycles. The summed E-state index contributed by atoms with van der Waals surface area (Å²) in [5, 5.41) is 9.13. The first-order valence-corrected chi connectivity index (χ1v) is 9.27. The van der Waals surface area contributed by atoms with Crippen molar-refractivity contribution in [1.29, 1.82) is 0 Å². The molecule has 0 aliphatic rings. The molecular weight excluding hydrogens is 330 g/mol. The van der Waals surface area contributed by atoms with E-state index in [1.807, 2.05) is 36.7 Å². The van der Waals surface area contributed by atoms with E-state index in [1.54, 1.807) is 22.7 Å². The van der Waals surface area contributed by atoms with Crippen LogP contribution in [0.3, 0.4) is 0 Å². The second-order valence-corrected chi connectivity index (χ2v) is 7.68. The standard InChI is InChI=1S/C16H21N3O2S2/c1-12(2)17-16(21)18-15(20)11-19(9-13-5-3-7-22-13)10-14-6-4-8-23-14/h3-8,12H,9-11H2,1-2H3,(H2,17,18,20,21)/p+1. The van der Waals surface area contributed by atoms with Crippen LogP contribution in [0, 0.1) is 0 Å². The highest BCUT2D eigenvalue weighted by Crippen LogP contribution is 2.08. The van der Waals surface area contributed by atoms with Crippen LogP contribution in [-0.4, -0.2) is 24.5 Å². The van der Waals surface area contributed by atoms with Crippen LogP contribution >= 0.6 is 22.7 Å². The summed E-state index contributed by atoms with van der Waals surface area (Å²) in [4.78, 5) is 27.3. The van der Waals surface area contributed by atoms with E-state index in [0.717, 1.165) is 18.0 Å². The highest BCUT2D eigenvalue weighted by Gasteiger charge is 2.18. The van der Waals surface area contributed by atoms with E-state index < -0.39 is 6.03 Å². The number of nitrogens with one attached hydrogen (secondary N) is 3. The van der Waals surface area contributed by atoms with Crippen molar-refractivity contribution in [3.8, 4) is 0 Å². The van der Waals surface area contributed by atoms with Gasteiger partial charge in [-0.1, -0.05) is 12.1 Å². The fourth-order valence-electron chi connectivity index (χ4n) is 2.20. The summed E-state index contributed by atoms with van der Waals surface area (Å²) >= 11 is 3.37. The Labute approximate surface area is 144 Å². The van der Waals surface area contributed by atoms with Crippen molar-refractivity contribution in [1.82, 2.24) is 10.6 Å². The Morgan fingerprint density at radius 1 is 1.09 bits per heavy atom. The first-order valence-electron chi connectivity index (χ1n) is 7.51. The Hall–Kier alpha value is -1.70. The number of hydrogen-bond acceptors (Lipinski definition) is 4. The van der Waals surface area contributed by atoms with E-state index in [0.29, 0.717) is 0 Å². The van der Waals surface area contributed by atoms with Crippen molar-refractivity contribution in [3.63, 3.8) is 0 Å². The summed E-state index contributed by atoms with van der Waals surface area (Å²) in [6.07, 6.45) is 0. The molecule has 0 atom stereocenters. The van der Waals surface area contributed by atoms with E-state index >= 15 is 0 Å². The summed E-state index contributed by atoms with van der Waals surface area (Å²) in [5.41, 5.74) is 0. The molecule has 0 unspecified atom stereocenters. The van der Waals surface area contributed by atoms with Gasteiger partial charge in [-0.25, -0.2) is 4.79 Å². The van der Waals surface area contributed by atoms with Gasteiger partial charge in [0.25, 0.3) is 5.91 Å². The van der Waals surface area contributed by atoms with E-state index in [4.69, 9.17) is 0 Å². The Bertz CT molecular complexity index is 573. The lowest BCUT2D eigenvalue weighted by molar-refractivity contribution is -0.919. The lowest BCUT2D eigenvalue weighted by Gasteiger charge is -2.18. The number of carbonyl (C=O) groups is 2. The highest BCUT2D eigenvalue weighted by molar-refractivity contribution is 7.10. The Morgan fingerprint density at radius 3 is 2.09 bits per heavy atom. The minimum atomic E-state index is -0.434. The zero-order valence-electron chi connectivity index (χ0n) is 13.3. The highest BCUT2D eigenvalue weighted by atomic mass is 32.1. The maximum absolute atomic E-state index is 12.1. The van der Waals surface area contributed by atoms with Gasteiger partial charge in [0.15, 0.2) is 6.54 Å². The van der Waals surface area contributed by atoms with Crippen molar-refractivity contribution in [2.75, 3.05) is 6.54 Å². The zero-order chi connectivity index (χ0) is 16.7. The van der Waals surface area contributed by atoms with Crippen molar-refractivity contribution >= 4 is 34.6 Å². The van der Waals surface area contributed by atoms with Crippen LogP contribution in [-0.2, 0) is 17.9 Å². The molecular formula is C16H22N3O2S2+. The molecule has 0 spiro atoms. The molecule has 0 bridgehead atoms. The molecule has 0 saturated carbocycles. The molecule has 2 aromatic rings. The maximum Gasteiger partial charge on any atom is 0.321 e. The third kappa shape index (κ3) is 6.52. The minimum Gasteiger partial charge on any atom is -0.336 e. The molecule has 5 nitrogen and oxygen atoms in total. The molecule has 0 aromatic carbocycles. The van der Waals surface area contributed by atoms with Crippen molar-refractivity contribution < 1.29 is 14.5 Å². The normalized spacial score (nSPS) is 11.0. The Kier molecular flexibility index (Phi) is 6.76. The summed E-state index contributed by atoms with van der Waals surface area (Å²) in [6, 6.07) is 7.74. The van der Waals surface area contributed by atoms with Gasteiger partial charge in [0.1, 0.15) is 13.1 Å². The molecule has 0 aliphatic heterocycles. The summed E-state index contributed by atoms with van der Waals surface area (Å²) in [7, 11) is 0. The number of carbonyl (C=O) groups excluding carboxylic acids is 2. The Morgan fingerprint density at radius 2 is 1.65 bits per heavy atom. The van der Waals surface area contributed by atoms with Crippen LogP contribution in [0.25, 0.3) is 0 Å². The molecule has 3 amide bonds. The van der Waals surface area contributed by atoms with E-state index in [1.165, 1.54) is 9.75 Å². The van der Waals surface area contributed by atoms with Gasteiger partial charge in [0, 0.05) is 6.04 Å². The predicted molar refractivity (Wildman–Crippen MR) is 93.7 cm³/mol. The van der Waals surface area contributed by atoms with Gasteiger partial charge in [0.2, 0.25) is 0 Å². The molecule has 2 aromatic heterocycles. The summed E-state index contributed by atoms with van der Waals surface area (Å²) < 4.78 is 0. The molecule has 0 radical (unpaired) electrons.